The molecular formula is C14H10F2N2O3. The molecule has 0 bridgehead atoms. The van der Waals surface area contributed by atoms with Gasteiger partial charge in [0.2, 0.25) is 0 Å². The second kappa shape index (κ2) is 5.66. The molecule has 0 aliphatic heterocycles. The predicted molar refractivity (Wildman–Crippen MR) is 72.1 cm³/mol. The molecule has 0 spiro atoms. The van der Waals surface area contributed by atoms with Gasteiger partial charge in [-0.2, -0.15) is 0 Å². The van der Waals surface area contributed by atoms with Crippen LogP contribution in [0, 0.1) is 28.7 Å². The summed E-state index contributed by atoms with van der Waals surface area (Å²) in [5.74, 6) is -1.91. The fraction of sp³-hybridized carbons (Fsp3) is 0.0714. The van der Waals surface area contributed by atoms with E-state index in [1.807, 2.05) is 0 Å². The number of anilines is 1. The number of nitrogens with one attached hydrogen (secondary N) is 1. The van der Waals surface area contributed by atoms with E-state index in [1.54, 1.807) is 0 Å². The molecule has 2 aromatic carbocycles. The number of halogens is 2. The number of benzene rings is 2. The Morgan fingerprint density at radius 2 is 1.76 bits per heavy atom. The lowest BCUT2D eigenvalue weighted by molar-refractivity contribution is -0.384. The highest BCUT2D eigenvalue weighted by atomic mass is 19.1. The van der Waals surface area contributed by atoms with Crippen molar-refractivity contribution in [2.24, 2.45) is 0 Å². The molecular weight excluding hydrogens is 282 g/mol. The van der Waals surface area contributed by atoms with Crippen molar-refractivity contribution in [3.05, 3.63) is 69.3 Å². The number of amides is 1. The van der Waals surface area contributed by atoms with E-state index in [9.17, 15) is 23.7 Å². The van der Waals surface area contributed by atoms with Crippen molar-refractivity contribution in [1.82, 2.24) is 0 Å². The highest BCUT2D eigenvalue weighted by Crippen LogP contribution is 2.25. The van der Waals surface area contributed by atoms with Gasteiger partial charge >= 0.3 is 0 Å². The molecule has 7 heteroatoms. The summed E-state index contributed by atoms with van der Waals surface area (Å²) in [7, 11) is 0. The predicted octanol–water partition coefficient (Wildman–Crippen LogP) is 3.43. The van der Waals surface area contributed by atoms with Crippen molar-refractivity contribution < 1.29 is 18.5 Å². The van der Waals surface area contributed by atoms with Gasteiger partial charge in [0.25, 0.3) is 11.6 Å². The van der Waals surface area contributed by atoms with Crippen molar-refractivity contribution in [3.8, 4) is 0 Å². The molecule has 0 heterocycles. The monoisotopic (exact) mass is 292 g/mol. The first-order chi connectivity index (χ1) is 9.88. The number of nitro benzene ring substituents is 1. The Labute approximate surface area is 118 Å². The van der Waals surface area contributed by atoms with Crippen LogP contribution in [0.3, 0.4) is 0 Å². The fourth-order valence-electron chi connectivity index (χ4n) is 1.83. The maximum Gasteiger partial charge on any atom is 0.295 e. The third kappa shape index (κ3) is 3.19. The fourth-order valence-corrected chi connectivity index (χ4v) is 1.83. The molecule has 0 radical (unpaired) electrons. The smallest absolute Gasteiger partial charge is 0.295 e. The van der Waals surface area contributed by atoms with Gasteiger partial charge in [-0.3, -0.25) is 14.9 Å². The minimum Gasteiger partial charge on any atom is -0.316 e. The van der Waals surface area contributed by atoms with E-state index < -0.39 is 28.2 Å². The molecule has 108 valence electrons. The summed E-state index contributed by atoms with van der Waals surface area (Å²) in [4.78, 5) is 22.1. The van der Waals surface area contributed by atoms with E-state index in [0.717, 1.165) is 18.2 Å². The van der Waals surface area contributed by atoms with Crippen molar-refractivity contribution in [3.63, 3.8) is 0 Å². The SMILES string of the molecule is Cc1cc(F)ccc1C(=O)Nc1ccc(F)cc1[N+](=O)[O-]. The Morgan fingerprint density at radius 1 is 1.14 bits per heavy atom. The summed E-state index contributed by atoms with van der Waals surface area (Å²) in [5.41, 5.74) is -0.120. The molecule has 2 rings (SSSR count). The van der Waals surface area contributed by atoms with E-state index in [1.165, 1.54) is 19.1 Å². The van der Waals surface area contributed by atoms with Gasteiger partial charge in [0.15, 0.2) is 0 Å². The lowest BCUT2D eigenvalue weighted by Gasteiger charge is -2.08. The standard InChI is InChI=1S/C14H10F2N2O3/c1-8-6-9(15)2-4-11(8)14(19)17-12-5-3-10(16)7-13(12)18(20)21/h2-7H,1H3,(H,17,19). The summed E-state index contributed by atoms with van der Waals surface area (Å²) in [6.45, 7) is 1.54. The third-order valence-corrected chi connectivity index (χ3v) is 2.84. The first kappa shape index (κ1) is 14.6. The number of rotatable bonds is 3. The van der Waals surface area contributed by atoms with Gasteiger partial charge in [0.1, 0.15) is 17.3 Å². The highest BCUT2D eigenvalue weighted by molar-refractivity contribution is 6.06. The number of carbonyl (C=O) groups is 1. The zero-order valence-electron chi connectivity index (χ0n) is 10.9. The second-order valence-corrected chi connectivity index (χ2v) is 4.33. The molecule has 0 aliphatic rings. The van der Waals surface area contributed by atoms with Gasteiger partial charge < -0.3 is 5.32 Å². The van der Waals surface area contributed by atoms with Crippen molar-refractivity contribution >= 4 is 17.3 Å². The number of nitrogens with zero attached hydrogens (tertiary/aromatic N) is 1. The molecule has 0 aromatic heterocycles. The molecule has 1 N–H and O–H groups in total. The minimum atomic E-state index is -0.795. The summed E-state index contributed by atoms with van der Waals surface area (Å²) in [6, 6.07) is 6.38. The number of carbonyl (C=O) groups excluding carboxylic acids is 1. The van der Waals surface area contributed by atoms with Crippen LogP contribution in [-0.2, 0) is 0 Å². The van der Waals surface area contributed by atoms with Crippen LogP contribution >= 0.6 is 0 Å². The minimum absolute atomic E-state index is 0.130. The van der Waals surface area contributed by atoms with Gasteiger partial charge in [-0.1, -0.05) is 0 Å². The second-order valence-electron chi connectivity index (χ2n) is 4.33. The maximum atomic E-state index is 13.0. The lowest BCUT2D eigenvalue weighted by atomic mass is 10.1. The van der Waals surface area contributed by atoms with Crippen molar-refractivity contribution in [2.75, 3.05) is 5.32 Å². The first-order valence-corrected chi connectivity index (χ1v) is 5.90. The van der Waals surface area contributed by atoms with E-state index in [2.05, 4.69) is 5.32 Å². The zero-order chi connectivity index (χ0) is 15.6. The van der Waals surface area contributed by atoms with E-state index in [0.29, 0.717) is 11.6 Å². The van der Waals surface area contributed by atoms with Gasteiger partial charge in [-0.15, -0.1) is 0 Å². The molecule has 0 aliphatic carbocycles. The number of nitro groups is 1. The van der Waals surface area contributed by atoms with Crippen LogP contribution in [0.2, 0.25) is 0 Å². The number of hydrogen-bond donors (Lipinski definition) is 1. The Bertz CT molecular complexity index is 732. The zero-order valence-corrected chi connectivity index (χ0v) is 10.9. The molecule has 2 aromatic rings. The Kier molecular flexibility index (Phi) is 3.93. The average Bonchev–Trinajstić information content (AvgIpc) is 2.40. The summed E-state index contributed by atoms with van der Waals surface area (Å²) < 4.78 is 26.0. The van der Waals surface area contributed by atoms with Gasteiger partial charge in [-0.25, -0.2) is 8.78 Å². The quantitative estimate of drug-likeness (QED) is 0.695. The van der Waals surface area contributed by atoms with Crippen LogP contribution in [0.15, 0.2) is 36.4 Å². The topological polar surface area (TPSA) is 72.2 Å². The van der Waals surface area contributed by atoms with Crippen molar-refractivity contribution in [1.29, 1.82) is 0 Å². The van der Waals surface area contributed by atoms with Gasteiger partial charge in [-0.05, 0) is 42.8 Å². The summed E-state index contributed by atoms with van der Waals surface area (Å²) in [6.07, 6.45) is 0. The van der Waals surface area contributed by atoms with Crippen LogP contribution in [0.1, 0.15) is 15.9 Å². The lowest BCUT2D eigenvalue weighted by Crippen LogP contribution is -2.14. The van der Waals surface area contributed by atoms with E-state index in [-0.39, 0.29) is 11.3 Å². The Hall–Kier alpha value is -2.83. The number of aryl methyl sites for hydroxylation is 1. The molecule has 0 fully saturated rings. The third-order valence-electron chi connectivity index (χ3n) is 2.84. The van der Waals surface area contributed by atoms with Crippen LogP contribution in [0.25, 0.3) is 0 Å². The average molecular weight is 292 g/mol. The number of hydrogen-bond acceptors (Lipinski definition) is 3. The summed E-state index contributed by atoms with van der Waals surface area (Å²) in [5, 5.41) is 13.2. The Balaban J connectivity index is 2.34. The van der Waals surface area contributed by atoms with E-state index in [4.69, 9.17) is 0 Å². The first-order valence-electron chi connectivity index (χ1n) is 5.90. The van der Waals surface area contributed by atoms with Crippen LogP contribution in [-0.4, -0.2) is 10.8 Å². The molecule has 21 heavy (non-hydrogen) atoms. The van der Waals surface area contributed by atoms with Gasteiger partial charge in [0.05, 0.1) is 11.0 Å². The largest absolute Gasteiger partial charge is 0.316 e. The van der Waals surface area contributed by atoms with Crippen molar-refractivity contribution in [2.45, 2.75) is 6.92 Å². The Morgan fingerprint density at radius 3 is 2.38 bits per heavy atom. The van der Waals surface area contributed by atoms with E-state index >= 15 is 0 Å². The summed E-state index contributed by atoms with van der Waals surface area (Å²) >= 11 is 0. The molecule has 0 unspecified atom stereocenters. The molecule has 0 atom stereocenters. The molecule has 5 nitrogen and oxygen atoms in total. The highest BCUT2D eigenvalue weighted by Gasteiger charge is 2.18. The maximum absolute atomic E-state index is 13.0. The molecule has 0 saturated heterocycles. The van der Waals surface area contributed by atoms with Crippen LogP contribution in [0.4, 0.5) is 20.2 Å². The van der Waals surface area contributed by atoms with Crippen LogP contribution in [0.5, 0.6) is 0 Å². The normalized spacial score (nSPS) is 10.2. The molecule has 0 saturated carbocycles. The van der Waals surface area contributed by atoms with Gasteiger partial charge in [0, 0.05) is 5.56 Å². The molecule has 1 amide bonds. The van der Waals surface area contributed by atoms with Crippen LogP contribution < -0.4 is 5.32 Å².